The highest BCUT2D eigenvalue weighted by Crippen LogP contribution is 2.28. The van der Waals surface area contributed by atoms with Gasteiger partial charge in [-0.25, -0.2) is 4.79 Å². The minimum absolute atomic E-state index is 0.317. The van der Waals surface area contributed by atoms with Gasteiger partial charge in [-0.05, 0) is 51.0 Å². The summed E-state index contributed by atoms with van der Waals surface area (Å²) >= 11 is 1.77. The first-order valence-corrected chi connectivity index (χ1v) is 9.04. The molecule has 0 bridgehead atoms. The lowest BCUT2D eigenvalue weighted by atomic mass is 9.98. The molecule has 1 fully saturated rings. The molecule has 1 unspecified atom stereocenters. The van der Waals surface area contributed by atoms with Crippen LogP contribution in [0.2, 0.25) is 0 Å². The van der Waals surface area contributed by atoms with Gasteiger partial charge in [0.05, 0.1) is 0 Å². The van der Waals surface area contributed by atoms with Gasteiger partial charge in [-0.1, -0.05) is 18.9 Å². The van der Waals surface area contributed by atoms with Crippen molar-refractivity contribution in [2.45, 2.75) is 64.6 Å². The van der Waals surface area contributed by atoms with Crippen molar-refractivity contribution in [3.8, 4) is 0 Å². The molecule has 1 heterocycles. The second-order valence-electron chi connectivity index (χ2n) is 6.99. The highest BCUT2D eigenvalue weighted by atomic mass is 32.1. The van der Waals surface area contributed by atoms with E-state index in [1.54, 1.807) is 11.3 Å². The minimum atomic E-state index is -0.447. The summed E-state index contributed by atoms with van der Waals surface area (Å²) < 4.78 is 5.33. The predicted octanol–water partition coefficient (Wildman–Crippen LogP) is 3.92. The summed E-state index contributed by atoms with van der Waals surface area (Å²) in [7, 11) is 0. The first kappa shape index (κ1) is 17.3. The van der Waals surface area contributed by atoms with Crippen molar-refractivity contribution in [3.05, 3.63) is 22.4 Å². The Morgan fingerprint density at radius 2 is 2.14 bits per heavy atom. The molecule has 1 aliphatic carbocycles. The molecular weight excluding hydrogens is 296 g/mol. The van der Waals surface area contributed by atoms with Gasteiger partial charge in [0.1, 0.15) is 5.60 Å². The van der Waals surface area contributed by atoms with Crippen LogP contribution in [0.1, 0.15) is 51.3 Å². The average molecular weight is 324 g/mol. The van der Waals surface area contributed by atoms with Crippen molar-refractivity contribution >= 4 is 17.4 Å². The maximum atomic E-state index is 11.9. The lowest BCUT2D eigenvalue weighted by molar-refractivity contribution is 0.0518. The molecule has 1 amide bonds. The maximum absolute atomic E-state index is 11.9. The van der Waals surface area contributed by atoms with Gasteiger partial charge in [-0.3, -0.25) is 0 Å². The number of carbonyl (C=O) groups is 1. The van der Waals surface area contributed by atoms with Crippen molar-refractivity contribution in [2.75, 3.05) is 6.54 Å². The molecule has 22 heavy (non-hydrogen) atoms. The third-order valence-corrected chi connectivity index (χ3v) is 4.83. The topological polar surface area (TPSA) is 50.4 Å². The Labute approximate surface area is 137 Å². The fourth-order valence-corrected chi connectivity index (χ4v) is 3.57. The number of carbonyl (C=O) groups excluding carboxylic acids is 1. The van der Waals surface area contributed by atoms with Crippen molar-refractivity contribution in [1.29, 1.82) is 0 Å². The molecule has 2 rings (SSSR count). The SMILES string of the molecule is CC(C)(C)OC(=O)NCC(NCc1cccs1)C1CCCC1. The maximum Gasteiger partial charge on any atom is 0.407 e. The molecule has 1 aromatic heterocycles. The van der Waals surface area contributed by atoms with Crippen LogP contribution in [0.15, 0.2) is 17.5 Å². The Hall–Kier alpha value is -1.07. The fourth-order valence-electron chi connectivity index (χ4n) is 2.92. The van der Waals surface area contributed by atoms with Crippen LogP contribution in [-0.4, -0.2) is 24.3 Å². The molecular formula is C17H28N2O2S. The molecule has 4 nitrogen and oxygen atoms in total. The molecule has 0 aliphatic heterocycles. The molecule has 1 atom stereocenters. The second kappa shape index (κ2) is 7.97. The number of nitrogens with one attached hydrogen (secondary N) is 2. The third kappa shape index (κ3) is 5.97. The lowest BCUT2D eigenvalue weighted by Crippen LogP contribution is -2.45. The van der Waals surface area contributed by atoms with Crippen LogP contribution >= 0.6 is 11.3 Å². The molecule has 1 saturated carbocycles. The standard InChI is InChI=1S/C17H28N2O2S/c1-17(2,3)21-16(20)19-12-15(13-7-4-5-8-13)18-11-14-9-6-10-22-14/h6,9-10,13,15,18H,4-5,7-8,11-12H2,1-3H3,(H,19,20). The van der Waals surface area contributed by atoms with Gasteiger partial charge >= 0.3 is 6.09 Å². The van der Waals surface area contributed by atoms with E-state index in [4.69, 9.17) is 4.74 Å². The number of ether oxygens (including phenoxy) is 1. The molecule has 0 radical (unpaired) electrons. The Morgan fingerprint density at radius 3 is 2.73 bits per heavy atom. The zero-order valence-corrected chi connectivity index (χ0v) is 14.7. The van der Waals surface area contributed by atoms with E-state index in [-0.39, 0.29) is 6.09 Å². The molecule has 124 valence electrons. The molecule has 1 aliphatic rings. The average Bonchev–Trinajstić information content (AvgIpc) is 3.09. The third-order valence-electron chi connectivity index (χ3n) is 3.95. The number of amides is 1. The Morgan fingerprint density at radius 1 is 1.41 bits per heavy atom. The van der Waals surface area contributed by atoms with Crippen LogP contribution in [0.3, 0.4) is 0 Å². The largest absolute Gasteiger partial charge is 0.444 e. The van der Waals surface area contributed by atoms with E-state index in [0.29, 0.717) is 18.5 Å². The van der Waals surface area contributed by atoms with Gasteiger partial charge in [0.15, 0.2) is 0 Å². The van der Waals surface area contributed by atoms with E-state index in [1.807, 2.05) is 20.8 Å². The Bertz CT molecular complexity index is 448. The van der Waals surface area contributed by atoms with Crippen LogP contribution in [0.25, 0.3) is 0 Å². The number of thiophene rings is 1. The highest BCUT2D eigenvalue weighted by molar-refractivity contribution is 7.09. The molecule has 0 saturated heterocycles. The number of hydrogen-bond donors (Lipinski definition) is 2. The normalized spacial score (nSPS) is 17.4. The molecule has 0 spiro atoms. The summed E-state index contributed by atoms with van der Waals surface area (Å²) in [5.74, 6) is 0.648. The Balaban J connectivity index is 1.83. The van der Waals surface area contributed by atoms with Gasteiger partial charge in [-0.15, -0.1) is 11.3 Å². The highest BCUT2D eigenvalue weighted by Gasteiger charge is 2.26. The first-order valence-electron chi connectivity index (χ1n) is 8.16. The number of hydrogen-bond acceptors (Lipinski definition) is 4. The van der Waals surface area contributed by atoms with Gasteiger partial charge in [0, 0.05) is 24.0 Å². The summed E-state index contributed by atoms with van der Waals surface area (Å²) in [4.78, 5) is 13.2. The monoisotopic (exact) mass is 324 g/mol. The van der Waals surface area contributed by atoms with Gasteiger partial charge in [0.25, 0.3) is 0 Å². The van der Waals surface area contributed by atoms with Crippen molar-refractivity contribution < 1.29 is 9.53 Å². The first-order chi connectivity index (χ1) is 10.4. The van der Waals surface area contributed by atoms with E-state index >= 15 is 0 Å². The van der Waals surface area contributed by atoms with E-state index in [2.05, 4.69) is 28.1 Å². The lowest BCUT2D eigenvalue weighted by Gasteiger charge is -2.26. The molecule has 2 N–H and O–H groups in total. The van der Waals surface area contributed by atoms with Crippen molar-refractivity contribution in [1.82, 2.24) is 10.6 Å². The summed E-state index contributed by atoms with van der Waals surface area (Å²) in [6, 6.07) is 4.53. The van der Waals surface area contributed by atoms with Crippen molar-refractivity contribution in [2.24, 2.45) is 5.92 Å². The number of rotatable bonds is 6. The smallest absolute Gasteiger partial charge is 0.407 e. The van der Waals surface area contributed by atoms with Gasteiger partial charge < -0.3 is 15.4 Å². The van der Waals surface area contributed by atoms with Crippen LogP contribution in [0.4, 0.5) is 4.79 Å². The van der Waals surface area contributed by atoms with Gasteiger partial charge in [0.2, 0.25) is 0 Å². The van der Waals surface area contributed by atoms with Crippen LogP contribution in [-0.2, 0) is 11.3 Å². The van der Waals surface area contributed by atoms with Crippen LogP contribution in [0, 0.1) is 5.92 Å². The molecule has 0 aromatic carbocycles. The fraction of sp³-hybridized carbons (Fsp3) is 0.706. The van der Waals surface area contributed by atoms with Crippen molar-refractivity contribution in [3.63, 3.8) is 0 Å². The Kier molecular flexibility index (Phi) is 6.26. The summed E-state index contributed by atoms with van der Waals surface area (Å²) in [6.07, 6.45) is 4.77. The van der Waals surface area contributed by atoms with E-state index in [0.717, 1.165) is 6.54 Å². The van der Waals surface area contributed by atoms with Crippen LogP contribution < -0.4 is 10.6 Å². The quantitative estimate of drug-likeness (QED) is 0.834. The predicted molar refractivity (Wildman–Crippen MR) is 91.1 cm³/mol. The van der Waals surface area contributed by atoms with E-state index < -0.39 is 5.60 Å². The zero-order chi connectivity index (χ0) is 16.0. The van der Waals surface area contributed by atoms with E-state index in [9.17, 15) is 4.79 Å². The zero-order valence-electron chi connectivity index (χ0n) is 13.9. The second-order valence-corrected chi connectivity index (χ2v) is 8.03. The van der Waals surface area contributed by atoms with Gasteiger partial charge in [-0.2, -0.15) is 0 Å². The van der Waals surface area contributed by atoms with E-state index in [1.165, 1.54) is 30.6 Å². The number of alkyl carbamates (subject to hydrolysis) is 1. The minimum Gasteiger partial charge on any atom is -0.444 e. The van der Waals surface area contributed by atoms with Crippen LogP contribution in [0.5, 0.6) is 0 Å². The summed E-state index contributed by atoms with van der Waals surface area (Å²) in [6.45, 7) is 7.15. The molecule has 1 aromatic rings. The summed E-state index contributed by atoms with van der Waals surface area (Å²) in [5.41, 5.74) is -0.447. The molecule has 5 heteroatoms. The summed E-state index contributed by atoms with van der Waals surface area (Å²) in [5, 5.41) is 8.65.